The lowest BCUT2D eigenvalue weighted by atomic mass is 9.89. The standard InChI is InChI=1S/C22H23N3O3/c1-25-19-5-3-2-4-17(19)18(13-21(25)27)22(28)24-16-8-6-14(7-9-16)12-20(26)23-15-10-11-15/h2-9,15,18H,10-13H2,1H3,(H,23,26)(H,24,28). The number of benzene rings is 2. The van der Waals surface area contributed by atoms with E-state index in [4.69, 9.17) is 0 Å². The molecule has 1 heterocycles. The molecule has 1 unspecified atom stereocenters. The third-order valence-electron chi connectivity index (χ3n) is 5.27. The van der Waals surface area contributed by atoms with Crippen LogP contribution in [0.1, 0.15) is 36.3 Å². The number of rotatable bonds is 5. The fraction of sp³-hybridized carbons (Fsp3) is 0.318. The number of anilines is 2. The molecule has 4 rings (SSSR count). The monoisotopic (exact) mass is 377 g/mol. The van der Waals surface area contributed by atoms with Crippen LogP contribution in [0.2, 0.25) is 0 Å². The molecule has 2 aromatic carbocycles. The zero-order valence-electron chi connectivity index (χ0n) is 15.8. The van der Waals surface area contributed by atoms with Gasteiger partial charge in [-0.15, -0.1) is 0 Å². The molecule has 1 aliphatic heterocycles. The Morgan fingerprint density at radius 1 is 1.07 bits per heavy atom. The molecular formula is C22H23N3O3. The van der Waals surface area contributed by atoms with Crippen molar-refractivity contribution in [1.82, 2.24) is 5.32 Å². The van der Waals surface area contributed by atoms with Gasteiger partial charge in [0.2, 0.25) is 17.7 Å². The average molecular weight is 377 g/mol. The number of nitrogens with one attached hydrogen (secondary N) is 2. The lowest BCUT2D eigenvalue weighted by molar-refractivity contribution is -0.124. The minimum atomic E-state index is -0.510. The quantitative estimate of drug-likeness (QED) is 0.841. The second-order valence-corrected chi connectivity index (χ2v) is 7.47. The third kappa shape index (κ3) is 3.91. The molecule has 6 heteroatoms. The number of hydrogen-bond acceptors (Lipinski definition) is 3. The van der Waals surface area contributed by atoms with Crippen LogP contribution in [0.25, 0.3) is 0 Å². The Morgan fingerprint density at radius 3 is 2.50 bits per heavy atom. The molecule has 6 nitrogen and oxygen atoms in total. The first-order valence-electron chi connectivity index (χ1n) is 9.56. The molecule has 3 amide bonds. The molecule has 2 N–H and O–H groups in total. The van der Waals surface area contributed by atoms with Crippen LogP contribution in [0.4, 0.5) is 11.4 Å². The van der Waals surface area contributed by atoms with E-state index in [0.29, 0.717) is 18.2 Å². The second kappa shape index (κ2) is 7.46. The molecule has 28 heavy (non-hydrogen) atoms. The van der Waals surface area contributed by atoms with Gasteiger partial charge in [-0.05, 0) is 42.2 Å². The van der Waals surface area contributed by atoms with Crippen molar-refractivity contribution in [3.63, 3.8) is 0 Å². The lowest BCUT2D eigenvalue weighted by Crippen LogP contribution is -2.37. The first kappa shape index (κ1) is 18.2. The summed E-state index contributed by atoms with van der Waals surface area (Å²) >= 11 is 0. The zero-order chi connectivity index (χ0) is 19.7. The van der Waals surface area contributed by atoms with Gasteiger partial charge in [0.1, 0.15) is 0 Å². The number of carbonyl (C=O) groups is 3. The van der Waals surface area contributed by atoms with Gasteiger partial charge in [-0.25, -0.2) is 0 Å². The first-order chi connectivity index (χ1) is 13.5. The van der Waals surface area contributed by atoms with Crippen molar-refractivity contribution in [3.05, 3.63) is 59.7 Å². The van der Waals surface area contributed by atoms with Crippen molar-refractivity contribution in [3.8, 4) is 0 Å². The van der Waals surface area contributed by atoms with Crippen molar-refractivity contribution in [2.45, 2.75) is 37.6 Å². The van der Waals surface area contributed by atoms with Crippen LogP contribution in [0.5, 0.6) is 0 Å². The third-order valence-corrected chi connectivity index (χ3v) is 5.27. The van der Waals surface area contributed by atoms with E-state index < -0.39 is 5.92 Å². The molecule has 0 saturated heterocycles. The predicted molar refractivity (Wildman–Crippen MR) is 107 cm³/mol. The first-order valence-corrected chi connectivity index (χ1v) is 9.56. The van der Waals surface area contributed by atoms with Crippen LogP contribution in [0, 0.1) is 0 Å². The molecule has 0 bridgehead atoms. The Hall–Kier alpha value is -3.15. The summed E-state index contributed by atoms with van der Waals surface area (Å²) < 4.78 is 0. The minimum Gasteiger partial charge on any atom is -0.353 e. The van der Waals surface area contributed by atoms with Crippen LogP contribution in [0.3, 0.4) is 0 Å². The van der Waals surface area contributed by atoms with Gasteiger partial charge in [0.05, 0.1) is 12.3 Å². The maximum absolute atomic E-state index is 12.8. The van der Waals surface area contributed by atoms with Gasteiger partial charge in [-0.1, -0.05) is 30.3 Å². The van der Waals surface area contributed by atoms with Gasteiger partial charge >= 0.3 is 0 Å². The van der Waals surface area contributed by atoms with E-state index in [-0.39, 0.29) is 24.1 Å². The molecule has 1 atom stereocenters. The topological polar surface area (TPSA) is 78.5 Å². The Balaban J connectivity index is 1.42. The predicted octanol–water partition coefficient (Wildman–Crippen LogP) is 2.60. The van der Waals surface area contributed by atoms with E-state index >= 15 is 0 Å². The van der Waals surface area contributed by atoms with Crippen molar-refractivity contribution >= 4 is 29.1 Å². The number of carbonyl (C=O) groups excluding carboxylic acids is 3. The van der Waals surface area contributed by atoms with Crippen molar-refractivity contribution in [1.29, 1.82) is 0 Å². The Kier molecular flexibility index (Phi) is 4.86. The molecule has 2 aromatic rings. The SMILES string of the molecule is CN1C(=O)CC(C(=O)Nc2ccc(CC(=O)NC3CC3)cc2)c2ccccc21. The highest BCUT2D eigenvalue weighted by atomic mass is 16.2. The van der Waals surface area contributed by atoms with E-state index in [2.05, 4.69) is 10.6 Å². The summed E-state index contributed by atoms with van der Waals surface area (Å²) in [4.78, 5) is 38.6. The normalized spacial score (nSPS) is 18.4. The van der Waals surface area contributed by atoms with Gasteiger partial charge < -0.3 is 15.5 Å². The van der Waals surface area contributed by atoms with Crippen LogP contribution in [-0.4, -0.2) is 30.8 Å². The minimum absolute atomic E-state index is 0.0285. The maximum atomic E-state index is 12.8. The summed E-state index contributed by atoms with van der Waals surface area (Å²) in [6.07, 6.45) is 2.62. The van der Waals surface area contributed by atoms with E-state index in [0.717, 1.165) is 29.7 Å². The Morgan fingerprint density at radius 2 is 1.79 bits per heavy atom. The van der Waals surface area contributed by atoms with Crippen LogP contribution in [-0.2, 0) is 20.8 Å². The average Bonchev–Trinajstić information content (AvgIpc) is 3.50. The fourth-order valence-corrected chi connectivity index (χ4v) is 3.50. The molecule has 0 spiro atoms. The number of amides is 3. The smallest absolute Gasteiger partial charge is 0.232 e. The van der Waals surface area contributed by atoms with E-state index in [1.165, 1.54) is 0 Å². The van der Waals surface area contributed by atoms with Gasteiger partial charge in [-0.3, -0.25) is 14.4 Å². The molecule has 1 saturated carbocycles. The molecule has 2 aliphatic rings. The molecule has 1 fully saturated rings. The number of fused-ring (bicyclic) bond motifs is 1. The Bertz CT molecular complexity index is 919. The largest absolute Gasteiger partial charge is 0.353 e. The summed E-state index contributed by atoms with van der Waals surface area (Å²) in [5.74, 6) is -0.756. The van der Waals surface area contributed by atoms with Crippen LogP contribution < -0.4 is 15.5 Å². The van der Waals surface area contributed by atoms with Crippen LogP contribution >= 0.6 is 0 Å². The molecule has 0 aromatic heterocycles. The second-order valence-electron chi connectivity index (χ2n) is 7.47. The number of para-hydroxylation sites is 1. The fourth-order valence-electron chi connectivity index (χ4n) is 3.50. The van der Waals surface area contributed by atoms with Crippen molar-refractivity contribution in [2.75, 3.05) is 17.3 Å². The summed E-state index contributed by atoms with van der Waals surface area (Å²) in [6, 6.07) is 15.1. The van der Waals surface area contributed by atoms with E-state index in [1.807, 2.05) is 36.4 Å². The number of nitrogens with zero attached hydrogens (tertiary/aromatic N) is 1. The maximum Gasteiger partial charge on any atom is 0.232 e. The van der Waals surface area contributed by atoms with E-state index in [1.54, 1.807) is 24.1 Å². The zero-order valence-corrected chi connectivity index (χ0v) is 15.8. The van der Waals surface area contributed by atoms with Gasteiger partial charge in [0.15, 0.2) is 0 Å². The number of hydrogen-bond donors (Lipinski definition) is 2. The van der Waals surface area contributed by atoms with E-state index in [9.17, 15) is 14.4 Å². The summed E-state index contributed by atoms with van der Waals surface area (Å²) in [5, 5.41) is 5.87. The summed E-state index contributed by atoms with van der Waals surface area (Å²) in [5.41, 5.74) is 3.18. The molecule has 0 radical (unpaired) electrons. The van der Waals surface area contributed by atoms with Gasteiger partial charge in [-0.2, -0.15) is 0 Å². The Labute approximate surface area is 163 Å². The molecule has 1 aliphatic carbocycles. The van der Waals surface area contributed by atoms with Gasteiger partial charge in [0.25, 0.3) is 0 Å². The highest BCUT2D eigenvalue weighted by Crippen LogP contribution is 2.35. The molecule has 144 valence electrons. The van der Waals surface area contributed by atoms with Crippen molar-refractivity contribution in [2.24, 2.45) is 0 Å². The van der Waals surface area contributed by atoms with Crippen molar-refractivity contribution < 1.29 is 14.4 Å². The lowest BCUT2D eigenvalue weighted by Gasteiger charge is -2.30. The highest BCUT2D eigenvalue weighted by Gasteiger charge is 2.33. The highest BCUT2D eigenvalue weighted by molar-refractivity contribution is 6.05. The van der Waals surface area contributed by atoms with Gasteiger partial charge in [0, 0.05) is 30.9 Å². The van der Waals surface area contributed by atoms with Crippen LogP contribution in [0.15, 0.2) is 48.5 Å². The summed E-state index contributed by atoms with van der Waals surface area (Å²) in [6.45, 7) is 0. The molecular weight excluding hydrogens is 354 g/mol. The summed E-state index contributed by atoms with van der Waals surface area (Å²) in [7, 11) is 1.73.